The number of aliphatic carboxylic acids is 1. The van der Waals surface area contributed by atoms with Gasteiger partial charge in [-0.2, -0.15) is 0 Å². The third-order valence-corrected chi connectivity index (χ3v) is 3.12. The van der Waals surface area contributed by atoms with Crippen molar-refractivity contribution >= 4 is 5.97 Å². The van der Waals surface area contributed by atoms with Crippen LogP contribution < -0.4 is 10.1 Å². The molecule has 0 radical (unpaired) electrons. The van der Waals surface area contributed by atoms with E-state index in [2.05, 4.69) is 5.32 Å². The molecule has 16 heavy (non-hydrogen) atoms. The van der Waals surface area contributed by atoms with Crippen LogP contribution in [0.4, 0.5) is 0 Å². The molecule has 1 aliphatic heterocycles. The molecule has 0 saturated carbocycles. The zero-order valence-electron chi connectivity index (χ0n) is 9.19. The molecular weight excluding hydrogens is 206 g/mol. The normalized spacial score (nSPS) is 23.3. The Morgan fingerprint density at radius 2 is 2.31 bits per heavy atom. The lowest BCUT2D eigenvalue weighted by atomic mass is 9.82. The zero-order valence-corrected chi connectivity index (χ0v) is 9.19. The van der Waals surface area contributed by atoms with E-state index in [1.807, 2.05) is 24.3 Å². The van der Waals surface area contributed by atoms with Crippen molar-refractivity contribution in [3.63, 3.8) is 0 Å². The summed E-state index contributed by atoms with van der Waals surface area (Å²) in [6.45, 7) is 0.547. The standard InChI is InChI=1S/C12H15NO3/c1-13-12(8-11(14)15)6-7-16-10-5-3-2-4-9(10)12/h2-5,13H,6-8H2,1H3,(H,14,15). The van der Waals surface area contributed by atoms with Crippen molar-refractivity contribution in [2.75, 3.05) is 13.7 Å². The molecule has 1 aliphatic rings. The summed E-state index contributed by atoms with van der Waals surface area (Å²) in [7, 11) is 1.80. The van der Waals surface area contributed by atoms with Gasteiger partial charge < -0.3 is 15.2 Å². The van der Waals surface area contributed by atoms with Crippen molar-refractivity contribution in [3.05, 3.63) is 29.8 Å². The fraction of sp³-hybridized carbons (Fsp3) is 0.417. The molecule has 2 rings (SSSR count). The number of benzene rings is 1. The summed E-state index contributed by atoms with van der Waals surface area (Å²) in [4.78, 5) is 11.0. The fourth-order valence-electron chi connectivity index (χ4n) is 2.25. The fourth-order valence-corrected chi connectivity index (χ4v) is 2.25. The third-order valence-electron chi connectivity index (χ3n) is 3.12. The Balaban J connectivity index is 2.44. The van der Waals surface area contributed by atoms with Crippen molar-refractivity contribution in [3.8, 4) is 5.75 Å². The summed E-state index contributed by atoms with van der Waals surface area (Å²) in [5, 5.41) is 12.2. The summed E-state index contributed by atoms with van der Waals surface area (Å²) in [5.41, 5.74) is 0.437. The number of fused-ring (bicyclic) bond motifs is 1. The van der Waals surface area contributed by atoms with Gasteiger partial charge >= 0.3 is 5.97 Å². The van der Waals surface area contributed by atoms with E-state index >= 15 is 0 Å². The number of rotatable bonds is 3. The van der Waals surface area contributed by atoms with Crippen LogP contribution in [-0.2, 0) is 10.3 Å². The van der Waals surface area contributed by atoms with E-state index in [9.17, 15) is 4.79 Å². The second kappa shape index (κ2) is 4.14. The van der Waals surface area contributed by atoms with E-state index in [1.165, 1.54) is 0 Å². The Labute approximate surface area is 94.2 Å². The lowest BCUT2D eigenvalue weighted by Crippen LogP contribution is -2.45. The van der Waals surface area contributed by atoms with Crippen molar-refractivity contribution in [1.29, 1.82) is 0 Å². The van der Waals surface area contributed by atoms with E-state index in [4.69, 9.17) is 9.84 Å². The number of ether oxygens (including phenoxy) is 1. The van der Waals surface area contributed by atoms with Gasteiger partial charge in [0.2, 0.25) is 0 Å². The smallest absolute Gasteiger partial charge is 0.305 e. The molecular formula is C12H15NO3. The second-order valence-electron chi connectivity index (χ2n) is 4.00. The topological polar surface area (TPSA) is 58.6 Å². The summed E-state index contributed by atoms with van der Waals surface area (Å²) in [5.74, 6) is -0.0181. The first-order valence-electron chi connectivity index (χ1n) is 5.31. The Bertz CT molecular complexity index is 405. The van der Waals surface area contributed by atoms with Gasteiger partial charge in [0.1, 0.15) is 5.75 Å². The number of hydrogen-bond acceptors (Lipinski definition) is 3. The molecule has 1 heterocycles. The molecule has 1 atom stereocenters. The minimum absolute atomic E-state index is 0.0733. The molecule has 0 saturated heterocycles. The second-order valence-corrected chi connectivity index (χ2v) is 4.00. The highest BCUT2D eigenvalue weighted by Crippen LogP contribution is 2.38. The first-order chi connectivity index (χ1) is 7.68. The Morgan fingerprint density at radius 3 is 3.00 bits per heavy atom. The van der Waals surface area contributed by atoms with Crippen molar-refractivity contribution in [2.24, 2.45) is 0 Å². The van der Waals surface area contributed by atoms with Gasteiger partial charge in [0.05, 0.1) is 18.6 Å². The summed E-state index contributed by atoms with van der Waals surface area (Å²) in [6, 6.07) is 7.60. The van der Waals surface area contributed by atoms with Crippen LogP contribution in [0.2, 0.25) is 0 Å². The summed E-state index contributed by atoms with van der Waals surface area (Å²) in [6.07, 6.45) is 0.747. The average molecular weight is 221 g/mol. The SMILES string of the molecule is CNC1(CC(=O)O)CCOc2ccccc21. The van der Waals surface area contributed by atoms with Crippen molar-refractivity contribution in [1.82, 2.24) is 5.32 Å². The van der Waals surface area contributed by atoms with Crippen LogP contribution >= 0.6 is 0 Å². The van der Waals surface area contributed by atoms with Crippen LogP contribution in [0.1, 0.15) is 18.4 Å². The van der Waals surface area contributed by atoms with Crippen molar-refractivity contribution < 1.29 is 14.6 Å². The molecule has 0 amide bonds. The van der Waals surface area contributed by atoms with Crippen LogP contribution in [0.5, 0.6) is 5.75 Å². The largest absolute Gasteiger partial charge is 0.493 e. The highest BCUT2D eigenvalue weighted by Gasteiger charge is 2.38. The Morgan fingerprint density at radius 1 is 1.56 bits per heavy atom. The lowest BCUT2D eigenvalue weighted by Gasteiger charge is -2.37. The Hall–Kier alpha value is -1.55. The monoisotopic (exact) mass is 221 g/mol. The van der Waals surface area contributed by atoms with Gasteiger partial charge in [-0.1, -0.05) is 18.2 Å². The van der Waals surface area contributed by atoms with Crippen LogP contribution in [0, 0.1) is 0 Å². The van der Waals surface area contributed by atoms with E-state index in [-0.39, 0.29) is 6.42 Å². The maximum absolute atomic E-state index is 11.0. The average Bonchev–Trinajstić information content (AvgIpc) is 2.29. The van der Waals surface area contributed by atoms with E-state index in [0.717, 1.165) is 11.3 Å². The van der Waals surface area contributed by atoms with Gasteiger partial charge in [-0.25, -0.2) is 0 Å². The third kappa shape index (κ3) is 1.76. The first kappa shape index (κ1) is 11.0. The Kier molecular flexibility index (Phi) is 2.83. The molecule has 4 nitrogen and oxygen atoms in total. The van der Waals surface area contributed by atoms with Crippen LogP contribution in [0.3, 0.4) is 0 Å². The lowest BCUT2D eigenvalue weighted by molar-refractivity contribution is -0.139. The molecule has 86 valence electrons. The molecule has 1 aromatic rings. The maximum atomic E-state index is 11.0. The number of para-hydroxylation sites is 1. The van der Waals surface area contributed by atoms with Gasteiger partial charge in [-0.3, -0.25) is 4.79 Å². The van der Waals surface area contributed by atoms with Gasteiger partial charge in [0, 0.05) is 12.0 Å². The predicted octanol–water partition coefficient (Wildman–Crippen LogP) is 1.36. The molecule has 0 fully saturated rings. The minimum atomic E-state index is -0.800. The summed E-state index contributed by atoms with van der Waals surface area (Å²) >= 11 is 0. The van der Waals surface area contributed by atoms with E-state index < -0.39 is 11.5 Å². The molecule has 0 bridgehead atoms. The number of carbonyl (C=O) groups is 1. The van der Waals surface area contributed by atoms with Gasteiger partial charge in [-0.15, -0.1) is 0 Å². The molecule has 0 spiro atoms. The van der Waals surface area contributed by atoms with E-state index in [1.54, 1.807) is 7.05 Å². The molecule has 1 aromatic carbocycles. The van der Waals surface area contributed by atoms with Crippen molar-refractivity contribution in [2.45, 2.75) is 18.4 Å². The summed E-state index contributed by atoms with van der Waals surface area (Å²) < 4.78 is 5.53. The number of nitrogens with one attached hydrogen (secondary N) is 1. The molecule has 2 N–H and O–H groups in total. The van der Waals surface area contributed by atoms with Crippen LogP contribution in [0.25, 0.3) is 0 Å². The highest BCUT2D eigenvalue weighted by atomic mass is 16.5. The van der Waals surface area contributed by atoms with Crippen LogP contribution in [0.15, 0.2) is 24.3 Å². The van der Waals surface area contributed by atoms with Crippen LogP contribution in [-0.4, -0.2) is 24.7 Å². The zero-order chi connectivity index (χ0) is 11.6. The van der Waals surface area contributed by atoms with Gasteiger partial charge in [0.15, 0.2) is 0 Å². The van der Waals surface area contributed by atoms with Gasteiger partial charge in [-0.05, 0) is 13.1 Å². The number of hydrogen-bond donors (Lipinski definition) is 2. The highest BCUT2D eigenvalue weighted by molar-refractivity contribution is 5.69. The minimum Gasteiger partial charge on any atom is -0.493 e. The molecule has 1 unspecified atom stereocenters. The number of carboxylic acid groups (broad SMARTS) is 1. The van der Waals surface area contributed by atoms with Gasteiger partial charge in [0.25, 0.3) is 0 Å². The molecule has 0 aromatic heterocycles. The van der Waals surface area contributed by atoms with E-state index in [0.29, 0.717) is 13.0 Å². The predicted molar refractivity (Wildman–Crippen MR) is 59.5 cm³/mol. The quantitative estimate of drug-likeness (QED) is 0.809. The first-order valence-corrected chi connectivity index (χ1v) is 5.31. The number of carboxylic acids is 1. The molecule has 0 aliphatic carbocycles. The molecule has 4 heteroatoms. The maximum Gasteiger partial charge on any atom is 0.305 e.